The summed E-state index contributed by atoms with van der Waals surface area (Å²) in [5, 5.41) is 34.0. The summed E-state index contributed by atoms with van der Waals surface area (Å²) >= 11 is 0. The van der Waals surface area contributed by atoms with Crippen molar-refractivity contribution < 1.29 is 52.4 Å². The number of guanidine groups is 4. The molecule has 18 heteroatoms. The molecular weight excluding hydrogens is 1210 g/mol. The van der Waals surface area contributed by atoms with Crippen LogP contribution in [-0.2, 0) is 52.4 Å². The van der Waals surface area contributed by atoms with Gasteiger partial charge in [0.25, 0.3) is 0 Å². The van der Waals surface area contributed by atoms with Crippen molar-refractivity contribution in [3.63, 3.8) is 0 Å². The molecule has 16 nitrogen and oxygen atoms in total. The van der Waals surface area contributed by atoms with E-state index >= 15 is 0 Å². The zero-order chi connectivity index (χ0) is 66.1. The molecule has 0 saturated carbocycles. The van der Waals surface area contributed by atoms with Crippen LogP contribution >= 0.6 is 0 Å². The maximum atomic E-state index is 4.54. The molecule has 85 heavy (non-hydrogen) atoms. The summed E-state index contributed by atoms with van der Waals surface area (Å²) in [6.45, 7) is 84.4. The Morgan fingerprint density at radius 1 is 0.294 bits per heavy atom. The molecule has 0 amide bonds. The summed E-state index contributed by atoms with van der Waals surface area (Å²) in [4.78, 5) is 26.9. The van der Waals surface area contributed by atoms with Gasteiger partial charge in [-0.25, -0.2) is 0 Å². The topological polar surface area (TPSA) is 175 Å². The van der Waals surface area contributed by atoms with E-state index in [4.69, 9.17) is 0 Å². The molecule has 0 aliphatic carbocycles. The molecule has 0 aliphatic heterocycles. The normalized spacial score (nSPS) is 10.9. The van der Waals surface area contributed by atoms with Gasteiger partial charge in [-0.3, -0.25) is 0 Å². The van der Waals surface area contributed by atoms with E-state index in [1.165, 1.54) is 5.56 Å². The summed E-state index contributed by atoms with van der Waals surface area (Å²) in [6.07, 6.45) is 0. The predicted octanol–water partition coefficient (Wildman–Crippen LogP) is 19.1. The fraction of sp³-hybridized carbons (Fsp3) is 0.851. The van der Waals surface area contributed by atoms with Gasteiger partial charge in [0.05, 0.1) is 0 Å². The molecular formula is C67H144N16Zr2. The second-order valence-corrected chi connectivity index (χ2v) is 20.8. The van der Waals surface area contributed by atoms with Crippen molar-refractivity contribution in [3.8, 4) is 0 Å². The molecule has 0 bridgehead atoms. The third-order valence-corrected chi connectivity index (χ3v) is 9.90. The number of rotatable bonds is 24. The Labute approximate surface area is 571 Å². The maximum absolute atomic E-state index is 4.54. The van der Waals surface area contributed by atoms with Gasteiger partial charge in [-0.05, 0) is 108 Å². The molecule has 0 radical (unpaired) electrons. The zero-order valence-corrected chi connectivity index (χ0v) is 67.4. The van der Waals surface area contributed by atoms with Crippen LogP contribution in [0.3, 0.4) is 0 Å². The molecule has 0 aromatic heterocycles. The number of hydrogen-bond acceptors (Lipinski definition) is 4. The summed E-state index contributed by atoms with van der Waals surface area (Å²) in [7, 11) is 0. The van der Waals surface area contributed by atoms with Gasteiger partial charge in [0.15, 0.2) is 0 Å². The van der Waals surface area contributed by atoms with E-state index < -0.39 is 0 Å². The molecule has 0 N–H and O–H groups in total. The Balaban J connectivity index is -0.0000000958. The molecule has 1 rings (SSSR count). The number of aryl methyl sites for hydroxylation is 1. The van der Waals surface area contributed by atoms with Crippen molar-refractivity contribution in [1.82, 2.24) is 19.6 Å². The fourth-order valence-corrected chi connectivity index (χ4v) is 6.09. The van der Waals surface area contributed by atoms with Gasteiger partial charge in [-0.2, -0.15) is 52.4 Å². The smallest absolute Gasteiger partial charge is 0.663 e. The SMILES string of the molecule is CCN(CC)C(=NC(C)C)[N-]C(C)C.CCN(CC)C(=NC(C)C)[N-]C(C)C.CCN(CC)C(=NC(C)C)[N-]C(C)C.CCN(CC)C(=NC(C)C)[N-]C(C)C.CC[N-]CC.CC[N-]CC.CC[N-]CC.CC[N-]CC.Cc1ccccc1.[Zr+4].[Zr+4]. The average molecular weight is 1360 g/mol. The first kappa shape index (κ1) is 105. The van der Waals surface area contributed by atoms with Crippen molar-refractivity contribution in [2.24, 2.45) is 20.0 Å². The first-order valence-corrected chi connectivity index (χ1v) is 32.8. The summed E-state index contributed by atoms with van der Waals surface area (Å²) in [6, 6.07) is 12.8. The van der Waals surface area contributed by atoms with Crippen LogP contribution in [0.1, 0.15) is 227 Å². The van der Waals surface area contributed by atoms with Gasteiger partial charge in [0.2, 0.25) is 0 Å². The van der Waals surface area contributed by atoms with E-state index in [1.54, 1.807) is 0 Å². The number of nitrogens with zero attached hydrogens (tertiary/aromatic N) is 16. The molecule has 0 heterocycles. The Morgan fingerprint density at radius 2 is 0.447 bits per heavy atom. The molecule has 0 aliphatic rings. The maximum Gasteiger partial charge on any atom is 4.00 e. The van der Waals surface area contributed by atoms with Crippen LogP contribution in [0, 0.1) is 6.92 Å². The van der Waals surface area contributed by atoms with Crippen molar-refractivity contribution in [3.05, 3.63) is 78.4 Å². The van der Waals surface area contributed by atoms with E-state index in [-0.39, 0.29) is 52.4 Å². The van der Waals surface area contributed by atoms with Crippen molar-refractivity contribution >= 4 is 23.8 Å². The summed E-state index contributed by atoms with van der Waals surface area (Å²) in [5.74, 6) is 3.61. The van der Waals surface area contributed by atoms with Gasteiger partial charge in [0, 0.05) is 23.8 Å². The molecule has 0 saturated heterocycles. The first-order valence-electron chi connectivity index (χ1n) is 32.8. The van der Waals surface area contributed by atoms with E-state index in [9.17, 15) is 0 Å². The largest absolute Gasteiger partial charge is 4.00 e. The van der Waals surface area contributed by atoms with Crippen LogP contribution in [0.5, 0.6) is 0 Å². The monoisotopic (exact) mass is 1350 g/mol. The Kier molecular flexibility index (Phi) is 98.4. The second kappa shape index (κ2) is 79.9. The van der Waals surface area contributed by atoms with Crippen LogP contribution in [-0.4, -0.2) is 196 Å². The number of aliphatic imine (C=N–C) groups is 4. The minimum absolute atomic E-state index is 0. The molecule has 1 aromatic carbocycles. The first-order chi connectivity index (χ1) is 39.1. The van der Waals surface area contributed by atoms with Crippen molar-refractivity contribution in [2.45, 2.75) is 277 Å². The number of benzene rings is 1. The standard InChI is InChI=1S/4C11H24N3.C7H8.4C4H10N.2Zr/c4*1-7-14(8-2)11(12-9(3)4)13-10(5)6;1-7-5-3-2-4-6-7;4*1-3-5-4-2;;/h4*9-10H,7-8H2,1-6H3;2-6H,1H3;4*3-4H2,1-2H3;;/q4*-1;;4*-1;2*+4. The van der Waals surface area contributed by atoms with E-state index in [1.807, 2.05) is 73.6 Å². The molecule has 0 spiro atoms. The van der Waals surface area contributed by atoms with Crippen LogP contribution in [0.2, 0.25) is 0 Å². The molecule has 0 atom stereocenters. The molecule has 0 unspecified atom stereocenters. The third kappa shape index (κ3) is 86.2. The minimum atomic E-state index is 0. The van der Waals surface area contributed by atoms with Gasteiger partial charge in [0.1, 0.15) is 0 Å². The van der Waals surface area contributed by atoms with Crippen molar-refractivity contribution in [1.29, 1.82) is 0 Å². The van der Waals surface area contributed by atoms with E-state index in [2.05, 4.69) is 267 Å². The Bertz CT molecular complexity index is 1300. The van der Waals surface area contributed by atoms with Crippen LogP contribution in [0.15, 0.2) is 50.3 Å². The van der Waals surface area contributed by atoms with Gasteiger partial charge >= 0.3 is 52.4 Å². The molecule has 0 fully saturated rings. The van der Waals surface area contributed by atoms with Gasteiger partial charge in [-0.15, -0.1) is 0 Å². The van der Waals surface area contributed by atoms with Crippen molar-refractivity contribution in [2.75, 3.05) is 105 Å². The second-order valence-electron chi connectivity index (χ2n) is 20.8. The third-order valence-electron chi connectivity index (χ3n) is 9.90. The minimum Gasteiger partial charge on any atom is -0.663 e. The summed E-state index contributed by atoms with van der Waals surface area (Å²) < 4.78 is 0. The van der Waals surface area contributed by atoms with Crippen LogP contribution in [0.4, 0.5) is 0 Å². The Hall–Kier alpha value is -2.09. The van der Waals surface area contributed by atoms with Crippen LogP contribution < -0.4 is 0 Å². The average Bonchev–Trinajstić information content (AvgIpc) is 3.39. The molecule has 500 valence electrons. The quantitative estimate of drug-likeness (QED) is 0.0740. The number of hydrogen-bond donors (Lipinski definition) is 0. The van der Waals surface area contributed by atoms with Gasteiger partial charge < -0.3 is 82.1 Å². The Morgan fingerprint density at radius 3 is 0.518 bits per heavy atom. The fourth-order valence-electron chi connectivity index (χ4n) is 6.09. The zero-order valence-electron chi connectivity index (χ0n) is 62.5. The van der Waals surface area contributed by atoms with Gasteiger partial charge in [-0.1, -0.05) is 257 Å². The van der Waals surface area contributed by atoms with Crippen LogP contribution in [0.25, 0.3) is 42.5 Å². The molecule has 1 aromatic rings. The van der Waals surface area contributed by atoms with E-state index in [0.717, 1.165) is 129 Å². The predicted molar refractivity (Wildman–Crippen MR) is 385 cm³/mol. The summed E-state index contributed by atoms with van der Waals surface area (Å²) in [5.41, 5.74) is 1.32. The van der Waals surface area contributed by atoms with E-state index in [0.29, 0.717) is 48.3 Å².